The van der Waals surface area contributed by atoms with E-state index in [4.69, 9.17) is 0 Å². The summed E-state index contributed by atoms with van der Waals surface area (Å²) in [5.41, 5.74) is 3.32. The number of alkyl halides is 3. The number of allylic oxidation sites excluding steroid dienone is 3. The number of nitrogens with zero attached hydrogens (tertiary/aromatic N) is 1. The van der Waals surface area contributed by atoms with Crippen molar-refractivity contribution in [1.82, 2.24) is 4.98 Å². The van der Waals surface area contributed by atoms with E-state index < -0.39 is 6.36 Å². The van der Waals surface area contributed by atoms with Gasteiger partial charge in [0, 0.05) is 35.4 Å². The first-order valence-corrected chi connectivity index (χ1v) is 8.90. The topological polar surface area (TPSA) is 66.5 Å². The van der Waals surface area contributed by atoms with E-state index in [2.05, 4.69) is 20.0 Å². The van der Waals surface area contributed by atoms with Crippen LogP contribution < -0.4 is 15.6 Å². The average Bonchev–Trinajstić information content (AvgIpc) is 2.65. The Hall–Kier alpha value is -3.29. The highest BCUT2D eigenvalue weighted by Gasteiger charge is 2.30. The van der Waals surface area contributed by atoms with Crippen LogP contribution in [0.3, 0.4) is 0 Å². The van der Waals surface area contributed by atoms with Crippen LogP contribution in [0.15, 0.2) is 75.9 Å². The molecule has 0 saturated heterocycles. The molecular weight excluding hydrogens is 383 g/mol. The zero-order valence-electron chi connectivity index (χ0n) is 16.3. The summed E-state index contributed by atoms with van der Waals surface area (Å²) in [5, 5.41) is 3.09. The van der Waals surface area contributed by atoms with Gasteiger partial charge < -0.3 is 15.0 Å². The maximum absolute atomic E-state index is 12.3. The van der Waals surface area contributed by atoms with Crippen LogP contribution in [0.5, 0.6) is 5.75 Å². The Labute approximate surface area is 166 Å². The molecule has 0 amide bonds. The number of rotatable bonds is 7. The number of hydrogen-bond acceptors (Lipinski definition) is 4. The summed E-state index contributed by atoms with van der Waals surface area (Å²) in [4.78, 5) is 18.7. The third-order valence-electron chi connectivity index (χ3n) is 3.84. The predicted octanol–water partition coefficient (Wildman–Crippen LogP) is 5.39. The van der Waals surface area contributed by atoms with Gasteiger partial charge in [-0.3, -0.25) is 9.79 Å². The molecule has 0 spiro atoms. The van der Waals surface area contributed by atoms with Gasteiger partial charge in [0.25, 0.3) is 0 Å². The number of aromatic nitrogens is 1. The van der Waals surface area contributed by atoms with Crippen LogP contribution in [0.1, 0.15) is 32.8 Å². The number of aromatic amines is 1. The molecule has 8 heteroatoms. The first-order valence-electron chi connectivity index (χ1n) is 8.90. The van der Waals surface area contributed by atoms with E-state index >= 15 is 0 Å². The molecular formula is C21H22F3N3O2. The van der Waals surface area contributed by atoms with Gasteiger partial charge in [-0.1, -0.05) is 12.5 Å². The molecule has 0 atom stereocenters. The third-order valence-corrected chi connectivity index (χ3v) is 3.84. The lowest BCUT2D eigenvalue weighted by atomic mass is 10.1. The molecule has 0 radical (unpaired) electrons. The summed E-state index contributed by atoms with van der Waals surface area (Å²) in [6.07, 6.45) is 1.16. The molecule has 2 N–H and O–H groups in total. The SMILES string of the molecule is CC/C(C)=C/N=C(\C=C(/C)Nc1ccc(OC(F)(F)F)cc1)c1cc[nH]c(=O)c1. The van der Waals surface area contributed by atoms with E-state index in [9.17, 15) is 18.0 Å². The van der Waals surface area contributed by atoms with E-state index in [1.165, 1.54) is 30.3 Å². The summed E-state index contributed by atoms with van der Waals surface area (Å²) < 4.78 is 40.6. The zero-order valence-corrected chi connectivity index (χ0v) is 16.3. The van der Waals surface area contributed by atoms with Crippen LogP contribution in [0.2, 0.25) is 0 Å². The minimum absolute atomic E-state index is 0.245. The highest BCUT2D eigenvalue weighted by Crippen LogP contribution is 2.24. The van der Waals surface area contributed by atoms with E-state index in [1.807, 2.05) is 13.8 Å². The van der Waals surface area contributed by atoms with Gasteiger partial charge in [-0.15, -0.1) is 13.2 Å². The molecule has 0 bridgehead atoms. The molecule has 0 saturated carbocycles. The minimum atomic E-state index is -4.73. The van der Waals surface area contributed by atoms with E-state index in [0.717, 1.165) is 12.0 Å². The minimum Gasteiger partial charge on any atom is -0.406 e. The summed E-state index contributed by atoms with van der Waals surface area (Å²) in [7, 11) is 0. The second-order valence-electron chi connectivity index (χ2n) is 6.31. The van der Waals surface area contributed by atoms with Crippen molar-refractivity contribution >= 4 is 11.4 Å². The van der Waals surface area contributed by atoms with Crippen molar-refractivity contribution in [3.63, 3.8) is 0 Å². The lowest BCUT2D eigenvalue weighted by Gasteiger charge is -2.11. The molecule has 2 aromatic rings. The number of hydrogen-bond donors (Lipinski definition) is 2. The Balaban J connectivity index is 2.25. The van der Waals surface area contributed by atoms with Crippen molar-refractivity contribution in [3.8, 4) is 5.75 Å². The molecule has 1 aromatic heterocycles. The van der Waals surface area contributed by atoms with Gasteiger partial charge in [0.15, 0.2) is 0 Å². The van der Waals surface area contributed by atoms with Crippen molar-refractivity contribution in [2.24, 2.45) is 4.99 Å². The summed E-state index contributed by atoms with van der Waals surface area (Å²) in [6, 6.07) is 8.58. The zero-order chi connectivity index (χ0) is 21.4. The predicted molar refractivity (Wildman–Crippen MR) is 108 cm³/mol. The average molecular weight is 405 g/mol. The maximum atomic E-state index is 12.3. The van der Waals surface area contributed by atoms with E-state index in [-0.39, 0.29) is 11.3 Å². The van der Waals surface area contributed by atoms with E-state index in [0.29, 0.717) is 22.7 Å². The molecule has 5 nitrogen and oxygen atoms in total. The van der Waals surface area contributed by atoms with Crippen molar-refractivity contribution in [2.45, 2.75) is 33.6 Å². The van der Waals surface area contributed by atoms with Crippen molar-refractivity contribution < 1.29 is 17.9 Å². The van der Waals surface area contributed by atoms with Crippen molar-refractivity contribution in [2.75, 3.05) is 5.32 Å². The first-order chi connectivity index (χ1) is 13.7. The lowest BCUT2D eigenvalue weighted by Crippen LogP contribution is -2.17. The number of aliphatic imine (C=N–C) groups is 1. The van der Waals surface area contributed by atoms with Crippen LogP contribution in [0, 0.1) is 0 Å². The smallest absolute Gasteiger partial charge is 0.406 e. The summed E-state index contributed by atoms with van der Waals surface area (Å²) in [6.45, 7) is 5.76. The summed E-state index contributed by atoms with van der Waals surface area (Å²) >= 11 is 0. The molecule has 0 aliphatic heterocycles. The normalized spacial score (nSPS) is 13.4. The third kappa shape index (κ3) is 7.69. The maximum Gasteiger partial charge on any atom is 0.573 e. The van der Waals surface area contributed by atoms with Crippen molar-refractivity contribution in [3.05, 3.63) is 82.1 Å². The lowest BCUT2D eigenvalue weighted by molar-refractivity contribution is -0.274. The standard InChI is InChI=1S/C21H22F3N3O2/c1-4-14(2)13-26-19(16-9-10-25-20(28)12-16)11-15(3)27-17-5-7-18(8-6-17)29-21(22,23)24/h5-13,27H,4H2,1-3H3,(H,25,28)/b14-13+,15-11+,26-19+. The molecule has 1 aromatic carbocycles. The largest absolute Gasteiger partial charge is 0.573 e. The van der Waals surface area contributed by atoms with Crippen LogP contribution >= 0.6 is 0 Å². The Morgan fingerprint density at radius 3 is 2.48 bits per heavy atom. The number of nitrogens with one attached hydrogen (secondary N) is 2. The van der Waals surface area contributed by atoms with Gasteiger partial charge in [-0.05, 0) is 56.7 Å². The van der Waals surface area contributed by atoms with Gasteiger partial charge in [-0.25, -0.2) is 0 Å². The quantitative estimate of drug-likeness (QED) is 0.607. The number of anilines is 1. The van der Waals surface area contributed by atoms with Gasteiger partial charge in [-0.2, -0.15) is 0 Å². The highest BCUT2D eigenvalue weighted by molar-refractivity contribution is 6.09. The fourth-order valence-corrected chi connectivity index (χ4v) is 2.28. The van der Waals surface area contributed by atoms with Crippen LogP contribution in [-0.2, 0) is 0 Å². The molecule has 154 valence electrons. The fourth-order valence-electron chi connectivity index (χ4n) is 2.28. The molecule has 0 fully saturated rings. The van der Waals surface area contributed by atoms with E-state index in [1.54, 1.807) is 31.5 Å². The van der Waals surface area contributed by atoms with Gasteiger partial charge >= 0.3 is 6.36 Å². The molecule has 1 heterocycles. The second kappa shape index (κ2) is 9.77. The van der Waals surface area contributed by atoms with Gasteiger partial charge in [0.2, 0.25) is 5.56 Å². The molecule has 2 rings (SSSR count). The number of H-pyrrole nitrogens is 1. The Morgan fingerprint density at radius 1 is 1.21 bits per heavy atom. The van der Waals surface area contributed by atoms with Crippen LogP contribution in [0.4, 0.5) is 18.9 Å². The Bertz CT molecular complexity index is 972. The number of pyridine rings is 1. The molecule has 29 heavy (non-hydrogen) atoms. The van der Waals surface area contributed by atoms with Crippen LogP contribution in [-0.4, -0.2) is 17.1 Å². The highest BCUT2D eigenvalue weighted by atomic mass is 19.4. The fraction of sp³-hybridized carbons (Fsp3) is 0.238. The second-order valence-corrected chi connectivity index (χ2v) is 6.31. The number of benzene rings is 1. The van der Waals surface area contributed by atoms with Crippen molar-refractivity contribution in [1.29, 1.82) is 0 Å². The Kier molecular flexibility index (Phi) is 7.41. The Morgan fingerprint density at radius 2 is 1.90 bits per heavy atom. The van der Waals surface area contributed by atoms with Gasteiger partial charge in [0.1, 0.15) is 5.75 Å². The summed E-state index contributed by atoms with van der Waals surface area (Å²) in [5.74, 6) is -0.296. The number of ether oxygens (including phenoxy) is 1. The molecule has 0 unspecified atom stereocenters. The molecule has 0 aliphatic rings. The van der Waals surface area contributed by atoms with Gasteiger partial charge in [0.05, 0.1) is 5.71 Å². The first kappa shape index (κ1) is 22.0. The molecule has 0 aliphatic carbocycles. The monoisotopic (exact) mass is 405 g/mol. The number of halogens is 3. The van der Waals surface area contributed by atoms with Crippen LogP contribution in [0.25, 0.3) is 0 Å².